The number of aromatic nitrogens is 2. The van der Waals surface area contributed by atoms with E-state index < -0.39 is 0 Å². The average Bonchev–Trinajstić information content (AvgIpc) is 2.67. The topological polar surface area (TPSA) is 41.3 Å². The van der Waals surface area contributed by atoms with Crippen LogP contribution in [0.2, 0.25) is 0 Å². The van der Waals surface area contributed by atoms with Gasteiger partial charge in [-0.2, -0.15) is 0 Å². The molecule has 0 atom stereocenters. The lowest BCUT2D eigenvalue weighted by atomic mass is 10.2. The van der Waals surface area contributed by atoms with Crippen LogP contribution in [0.4, 0.5) is 0 Å². The van der Waals surface area contributed by atoms with Gasteiger partial charge < -0.3 is 14.6 Å². The van der Waals surface area contributed by atoms with Gasteiger partial charge in [-0.05, 0) is 39.8 Å². The van der Waals surface area contributed by atoms with Gasteiger partial charge >= 0.3 is 0 Å². The van der Waals surface area contributed by atoms with Crippen molar-refractivity contribution in [1.29, 1.82) is 0 Å². The molecule has 0 saturated heterocycles. The van der Waals surface area contributed by atoms with Crippen molar-refractivity contribution in [2.75, 3.05) is 26.7 Å². The van der Waals surface area contributed by atoms with Gasteiger partial charge in [0.05, 0.1) is 0 Å². The Bertz CT molecular complexity index is 286. The largest absolute Gasteiger partial charge is 0.396 e. The van der Waals surface area contributed by atoms with E-state index in [1.807, 2.05) is 19.3 Å². The predicted octanol–water partition coefficient (Wildman–Crippen LogP) is 1.29. The molecular weight excluding hydrogens is 202 g/mol. The van der Waals surface area contributed by atoms with Crippen LogP contribution in [0.5, 0.6) is 0 Å². The van der Waals surface area contributed by atoms with E-state index in [0.29, 0.717) is 6.61 Å². The number of hydrogen-bond donors (Lipinski definition) is 1. The summed E-state index contributed by atoms with van der Waals surface area (Å²) >= 11 is 0. The Morgan fingerprint density at radius 3 is 2.75 bits per heavy atom. The summed E-state index contributed by atoms with van der Waals surface area (Å²) in [5.74, 6) is 1.08. The summed E-state index contributed by atoms with van der Waals surface area (Å²) in [4.78, 5) is 6.53. The van der Waals surface area contributed by atoms with E-state index in [1.54, 1.807) is 0 Å². The molecule has 0 spiro atoms. The third-order valence-electron chi connectivity index (χ3n) is 2.84. The molecule has 4 nitrogen and oxygen atoms in total. The summed E-state index contributed by atoms with van der Waals surface area (Å²) in [6.07, 6.45) is 7.07. The molecule has 0 saturated carbocycles. The smallest absolute Gasteiger partial charge is 0.105 e. The zero-order valence-corrected chi connectivity index (χ0v) is 10.4. The van der Waals surface area contributed by atoms with Crippen molar-refractivity contribution in [1.82, 2.24) is 14.5 Å². The Balaban J connectivity index is 2.10. The third kappa shape index (κ3) is 4.77. The molecule has 1 heterocycles. The Labute approximate surface area is 97.9 Å². The van der Waals surface area contributed by atoms with Crippen LogP contribution in [-0.2, 0) is 6.54 Å². The van der Waals surface area contributed by atoms with Crippen LogP contribution in [0, 0.1) is 6.92 Å². The molecule has 0 amide bonds. The van der Waals surface area contributed by atoms with Crippen LogP contribution < -0.4 is 0 Å². The summed E-state index contributed by atoms with van der Waals surface area (Å²) in [6.45, 7) is 5.51. The van der Waals surface area contributed by atoms with Crippen molar-refractivity contribution in [3.05, 3.63) is 18.2 Å². The van der Waals surface area contributed by atoms with E-state index in [9.17, 15) is 0 Å². The summed E-state index contributed by atoms with van der Waals surface area (Å²) < 4.78 is 2.17. The molecule has 4 heteroatoms. The molecule has 0 unspecified atom stereocenters. The van der Waals surface area contributed by atoms with Crippen molar-refractivity contribution in [3.8, 4) is 0 Å². The van der Waals surface area contributed by atoms with Crippen molar-refractivity contribution < 1.29 is 5.11 Å². The number of unbranched alkanes of at least 4 members (excludes halogenated alkanes) is 2. The minimum Gasteiger partial charge on any atom is -0.396 e. The SMILES string of the molecule is Cc1nccn1CCN(C)CCCCCO. The highest BCUT2D eigenvalue weighted by atomic mass is 16.2. The molecule has 1 rings (SSSR count). The van der Waals surface area contributed by atoms with Gasteiger partial charge in [0.2, 0.25) is 0 Å². The predicted molar refractivity (Wildman–Crippen MR) is 65.4 cm³/mol. The highest BCUT2D eigenvalue weighted by molar-refractivity contribution is 4.88. The number of rotatable bonds is 8. The first-order valence-corrected chi connectivity index (χ1v) is 6.01. The van der Waals surface area contributed by atoms with Crippen LogP contribution in [0.25, 0.3) is 0 Å². The van der Waals surface area contributed by atoms with Gasteiger partial charge in [-0.1, -0.05) is 0 Å². The standard InChI is InChI=1S/C12H23N3O/c1-12-13-6-8-15(12)10-9-14(2)7-4-3-5-11-16/h6,8,16H,3-5,7,9-11H2,1-2H3. The number of imidazole rings is 1. The molecule has 0 bridgehead atoms. The minimum atomic E-state index is 0.317. The lowest BCUT2D eigenvalue weighted by Gasteiger charge is -2.17. The fraction of sp³-hybridized carbons (Fsp3) is 0.750. The fourth-order valence-electron chi connectivity index (χ4n) is 1.70. The van der Waals surface area contributed by atoms with Crippen LogP contribution in [-0.4, -0.2) is 46.3 Å². The van der Waals surface area contributed by atoms with Gasteiger partial charge in [-0.15, -0.1) is 0 Å². The highest BCUT2D eigenvalue weighted by Gasteiger charge is 2.00. The lowest BCUT2D eigenvalue weighted by molar-refractivity contribution is 0.270. The van der Waals surface area contributed by atoms with E-state index in [2.05, 4.69) is 21.5 Å². The molecule has 0 aliphatic heterocycles. The van der Waals surface area contributed by atoms with Gasteiger partial charge in [-0.25, -0.2) is 4.98 Å². The fourth-order valence-corrected chi connectivity index (χ4v) is 1.70. The maximum Gasteiger partial charge on any atom is 0.105 e. The molecule has 0 aromatic carbocycles. The maximum absolute atomic E-state index is 8.67. The Hall–Kier alpha value is -0.870. The van der Waals surface area contributed by atoms with Gasteiger partial charge in [0.25, 0.3) is 0 Å². The maximum atomic E-state index is 8.67. The van der Waals surface area contributed by atoms with Crippen LogP contribution in [0.1, 0.15) is 25.1 Å². The Morgan fingerprint density at radius 2 is 2.12 bits per heavy atom. The van der Waals surface area contributed by atoms with Crippen LogP contribution >= 0.6 is 0 Å². The Morgan fingerprint density at radius 1 is 1.31 bits per heavy atom. The van der Waals surface area contributed by atoms with Gasteiger partial charge in [0, 0.05) is 32.1 Å². The molecule has 1 aromatic heterocycles. The first kappa shape index (κ1) is 13.2. The highest BCUT2D eigenvalue weighted by Crippen LogP contribution is 1.99. The molecule has 0 radical (unpaired) electrons. The molecule has 0 aliphatic rings. The quantitative estimate of drug-likeness (QED) is 0.678. The van der Waals surface area contributed by atoms with E-state index >= 15 is 0 Å². The zero-order chi connectivity index (χ0) is 11.8. The Kier molecular flexibility index (Phi) is 6.11. The normalized spacial score (nSPS) is 11.2. The first-order chi connectivity index (χ1) is 7.74. The second-order valence-corrected chi connectivity index (χ2v) is 4.26. The van der Waals surface area contributed by atoms with Crippen LogP contribution in [0.3, 0.4) is 0 Å². The number of aliphatic hydroxyl groups excluding tert-OH is 1. The molecule has 0 fully saturated rings. The van der Waals surface area contributed by atoms with Crippen LogP contribution in [0.15, 0.2) is 12.4 Å². The average molecular weight is 225 g/mol. The zero-order valence-electron chi connectivity index (χ0n) is 10.4. The second-order valence-electron chi connectivity index (χ2n) is 4.26. The van der Waals surface area contributed by atoms with Gasteiger partial charge in [-0.3, -0.25) is 0 Å². The summed E-state index contributed by atoms with van der Waals surface area (Å²) in [7, 11) is 2.14. The van der Waals surface area contributed by atoms with E-state index in [1.165, 1.54) is 6.42 Å². The van der Waals surface area contributed by atoms with Crippen molar-refractivity contribution in [3.63, 3.8) is 0 Å². The molecule has 92 valence electrons. The van der Waals surface area contributed by atoms with Gasteiger partial charge in [0.1, 0.15) is 5.82 Å². The molecule has 1 aromatic rings. The van der Waals surface area contributed by atoms with E-state index in [0.717, 1.165) is 38.3 Å². The van der Waals surface area contributed by atoms with Crippen molar-refractivity contribution in [2.24, 2.45) is 0 Å². The molecule has 1 N–H and O–H groups in total. The summed E-state index contributed by atoms with van der Waals surface area (Å²) in [6, 6.07) is 0. The molecule has 16 heavy (non-hydrogen) atoms. The second kappa shape index (κ2) is 7.41. The number of aliphatic hydroxyl groups is 1. The van der Waals surface area contributed by atoms with E-state index in [-0.39, 0.29) is 0 Å². The van der Waals surface area contributed by atoms with Crippen molar-refractivity contribution in [2.45, 2.75) is 32.7 Å². The molecule has 0 aliphatic carbocycles. The number of hydrogen-bond acceptors (Lipinski definition) is 3. The minimum absolute atomic E-state index is 0.317. The number of aryl methyl sites for hydroxylation is 1. The third-order valence-corrected chi connectivity index (χ3v) is 2.84. The summed E-state index contributed by atoms with van der Waals surface area (Å²) in [5.41, 5.74) is 0. The number of nitrogens with zero attached hydrogens (tertiary/aromatic N) is 3. The monoisotopic (exact) mass is 225 g/mol. The first-order valence-electron chi connectivity index (χ1n) is 6.01. The van der Waals surface area contributed by atoms with Crippen molar-refractivity contribution >= 4 is 0 Å². The van der Waals surface area contributed by atoms with E-state index in [4.69, 9.17) is 5.11 Å². The van der Waals surface area contributed by atoms with Gasteiger partial charge in [0.15, 0.2) is 0 Å². The number of likely N-dealkylation sites (N-methyl/N-ethyl adjacent to an activating group) is 1. The molecular formula is C12H23N3O. The summed E-state index contributed by atoms with van der Waals surface area (Å²) in [5, 5.41) is 8.67. The lowest BCUT2D eigenvalue weighted by Crippen LogP contribution is -2.24.